The monoisotopic (exact) mass is 497 g/mol. The fourth-order valence-corrected chi connectivity index (χ4v) is 5.85. The average Bonchev–Trinajstić information content (AvgIpc) is 3.13. The standard InChI is InChI=1S/C27H32FN3O3S/c1-16(2)30(17(3)4)13-19-9-8-18(12-22(19)28)15-35-24-7-5-6-20-21(24)14-31(27(20)34)23-10-11-25(32)29-26(23)33/h5-9,12,16-17,23H,10-11,13-15H2,1-4H3,(H,29,32,33). The number of benzene rings is 2. The molecule has 2 aliphatic heterocycles. The first-order valence-corrected chi connectivity index (χ1v) is 13.1. The van der Waals surface area contributed by atoms with Crippen LogP contribution in [0, 0.1) is 5.82 Å². The van der Waals surface area contributed by atoms with Crippen LogP contribution < -0.4 is 5.32 Å². The Hall–Kier alpha value is -2.71. The van der Waals surface area contributed by atoms with Crippen molar-refractivity contribution in [3.8, 4) is 0 Å². The van der Waals surface area contributed by atoms with E-state index in [1.165, 1.54) is 0 Å². The molecule has 0 saturated carbocycles. The van der Waals surface area contributed by atoms with Gasteiger partial charge in [0.2, 0.25) is 11.8 Å². The van der Waals surface area contributed by atoms with Gasteiger partial charge in [-0.15, -0.1) is 11.8 Å². The lowest BCUT2D eigenvalue weighted by Crippen LogP contribution is -2.52. The Morgan fingerprint density at radius 3 is 2.51 bits per heavy atom. The minimum atomic E-state index is -0.636. The molecule has 8 heteroatoms. The largest absolute Gasteiger partial charge is 0.322 e. The van der Waals surface area contributed by atoms with Gasteiger partial charge in [-0.05, 0) is 63.4 Å². The lowest BCUT2D eigenvalue weighted by molar-refractivity contribution is -0.136. The Morgan fingerprint density at radius 2 is 1.86 bits per heavy atom. The molecule has 0 aliphatic carbocycles. The van der Waals surface area contributed by atoms with E-state index in [4.69, 9.17) is 0 Å². The van der Waals surface area contributed by atoms with Gasteiger partial charge in [0.1, 0.15) is 11.9 Å². The topological polar surface area (TPSA) is 69.7 Å². The van der Waals surface area contributed by atoms with Gasteiger partial charge < -0.3 is 4.90 Å². The van der Waals surface area contributed by atoms with Gasteiger partial charge in [-0.3, -0.25) is 24.6 Å². The number of nitrogens with zero attached hydrogens (tertiary/aromatic N) is 2. The number of carbonyl (C=O) groups is 3. The molecule has 35 heavy (non-hydrogen) atoms. The minimum Gasteiger partial charge on any atom is -0.322 e. The Labute approximate surface area is 210 Å². The van der Waals surface area contributed by atoms with E-state index in [0.29, 0.717) is 48.5 Å². The molecule has 2 aromatic rings. The van der Waals surface area contributed by atoms with Crippen molar-refractivity contribution in [2.75, 3.05) is 0 Å². The first kappa shape index (κ1) is 25.4. The molecule has 0 spiro atoms. The van der Waals surface area contributed by atoms with Crippen molar-refractivity contribution in [1.29, 1.82) is 0 Å². The van der Waals surface area contributed by atoms with E-state index < -0.39 is 11.9 Å². The Balaban J connectivity index is 1.45. The van der Waals surface area contributed by atoms with E-state index in [9.17, 15) is 18.8 Å². The van der Waals surface area contributed by atoms with E-state index >= 15 is 0 Å². The number of thioether (sulfide) groups is 1. The van der Waals surface area contributed by atoms with Crippen LogP contribution in [-0.2, 0) is 28.4 Å². The Kier molecular flexibility index (Phi) is 7.62. The molecule has 1 fully saturated rings. The third-order valence-corrected chi connectivity index (χ3v) is 7.90. The van der Waals surface area contributed by atoms with Gasteiger partial charge in [-0.25, -0.2) is 4.39 Å². The highest BCUT2D eigenvalue weighted by Gasteiger charge is 2.39. The van der Waals surface area contributed by atoms with Crippen LogP contribution in [0.4, 0.5) is 4.39 Å². The van der Waals surface area contributed by atoms with Crippen LogP contribution in [0.3, 0.4) is 0 Å². The lowest BCUT2D eigenvalue weighted by Gasteiger charge is -2.30. The molecule has 2 aromatic carbocycles. The smallest absolute Gasteiger partial charge is 0.255 e. The van der Waals surface area contributed by atoms with Crippen molar-refractivity contribution >= 4 is 29.5 Å². The highest BCUT2D eigenvalue weighted by molar-refractivity contribution is 7.98. The molecule has 2 heterocycles. The summed E-state index contributed by atoms with van der Waals surface area (Å²) in [6, 6.07) is 11.0. The molecule has 2 aliphatic rings. The fourth-order valence-electron chi connectivity index (χ4n) is 4.82. The molecule has 186 valence electrons. The maximum absolute atomic E-state index is 14.9. The summed E-state index contributed by atoms with van der Waals surface area (Å²) in [5, 5.41) is 2.33. The molecular weight excluding hydrogens is 465 g/mol. The zero-order valence-corrected chi connectivity index (χ0v) is 21.5. The zero-order chi connectivity index (χ0) is 25.3. The number of imide groups is 1. The zero-order valence-electron chi connectivity index (χ0n) is 20.6. The van der Waals surface area contributed by atoms with Crippen LogP contribution in [-0.4, -0.2) is 45.6 Å². The predicted octanol–water partition coefficient (Wildman–Crippen LogP) is 4.50. The van der Waals surface area contributed by atoms with Crippen molar-refractivity contribution in [2.24, 2.45) is 0 Å². The molecule has 0 bridgehead atoms. The quantitative estimate of drug-likeness (QED) is 0.430. The SMILES string of the molecule is CC(C)N(Cc1ccc(CSc2cccc3c2CN(C2CCC(=O)NC2=O)C3=O)cc1F)C(C)C. The Bertz CT molecular complexity index is 1140. The van der Waals surface area contributed by atoms with Crippen LogP contribution in [0.1, 0.15) is 67.6 Å². The average molecular weight is 498 g/mol. The van der Waals surface area contributed by atoms with Gasteiger partial charge >= 0.3 is 0 Å². The molecule has 1 atom stereocenters. The number of halogens is 1. The van der Waals surface area contributed by atoms with E-state index in [-0.39, 0.29) is 24.1 Å². The first-order chi connectivity index (χ1) is 16.7. The number of rotatable bonds is 8. The van der Waals surface area contributed by atoms with Crippen LogP contribution in [0.25, 0.3) is 0 Å². The van der Waals surface area contributed by atoms with Crippen molar-refractivity contribution in [3.05, 3.63) is 64.5 Å². The summed E-state index contributed by atoms with van der Waals surface area (Å²) in [7, 11) is 0. The maximum atomic E-state index is 14.9. The van der Waals surface area contributed by atoms with Crippen molar-refractivity contribution in [2.45, 2.75) is 82.4 Å². The second-order valence-corrected chi connectivity index (χ2v) is 10.8. The number of hydrogen-bond acceptors (Lipinski definition) is 5. The first-order valence-electron chi connectivity index (χ1n) is 12.1. The summed E-state index contributed by atoms with van der Waals surface area (Å²) in [5.74, 6) is -0.538. The lowest BCUT2D eigenvalue weighted by atomic mass is 10.0. The van der Waals surface area contributed by atoms with E-state index in [0.717, 1.165) is 16.0 Å². The van der Waals surface area contributed by atoms with Crippen molar-refractivity contribution < 1.29 is 18.8 Å². The number of piperidine rings is 1. The molecule has 4 rings (SSSR count). The molecule has 0 aromatic heterocycles. The van der Waals surface area contributed by atoms with E-state index in [1.807, 2.05) is 24.3 Å². The molecule has 6 nitrogen and oxygen atoms in total. The summed E-state index contributed by atoms with van der Waals surface area (Å²) < 4.78 is 14.9. The van der Waals surface area contributed by atoms with Gasteiger partial charge in [-0.1, -0.05) is 18.2 Å². The summed E-state index contributed by atoms with van der Waals surface area (Å²) in [6.07, 6.45) is 0.565. The van der Waals surface area contributed by atoms with Gasteiger partial charge in [0.15, 0.2) is 0 Å². The predicted molar refractivity (Wildman–Crippen MR) is 134 cm³/mol. The summed E-state index contributed by atoms with van der Waals surface area (Å²) >= 11 is 1.56. The van der Waals surface area contributed by atoms with E-state index in [1.54, 1.807) is 28.8 Å². The van der Waals surface area contributed by atoms with Crippen molar-refractivity contribution in [3.63, 3.8) is 0 Å². The summed E-state index contributed by atoms with van der Waals surface area (Å²) in [4.78, 5) is 41.6. The minimum absolute atomic E-state index is 0.188. The third kappa shape index (κ3) is 5.43. The molecule has 1 saturated heterocycles. The molecule has 1 unspecified atom stereocenters. The molecule has 1 N–H and O–H groups in total. The second-order valence-electron chi connectivity index (χ2n) is 9.76. The number of amides is 3. The van der Waals surface area contributed by atoms with Gasteiger partial charge in [0.25, 0.3) is 5.91 Å². The van der Waals surface area contributed by atoms with Gasteiger partial charge in [0, 0.05) is 53.4 Å². The maximum Gasteiger partial charge on any atom is 0.255 e. The highest BCUT2D eigenvalue weighted by Crippen LogP contribution is 2.35. The third-order valence-electron chi connectivity index (χ3n) is 6.73. The second kappa shape index (κ2) is 10.5. The number of fused-ring (bicyclic) bond motifs is 1. The Morgan fingerprint density at radius 1 is 1.11 bits per heavy atom. The van der Waals surface area contributed by atoms with Crippen LogP contribution >= 0.6 is 11.8 Å². The van der Waals surface area contributed by atoms with Crippen LogP contribution in [0.15, 0.2) is 41.3 Å². The molecular formula is C27H32FN3O3S. The fraction of sp³-hybridized carbons (Fsp3) is 0.444. The molecule has 3 amide bonds. The van der Waals surface area contributed by atoms with Gasteiger partial charge in [0.05, 0.1) is 0 Å². The van der Waals surface area contributed by atoms with Crippen LogP contribution in [0.2, 0.25) is 0 Å². The summed E-state index contributed by atoms with van der Waals surface area (Å²) in [5.41, 5.74) is 3.03. The van der Waals surface area contributed by atoms with Crippen LogP contribution in [0.5, 0.6) is 0 Å². The highest BCUT2D eigenvalue weighted by atomic mass is 32.2. The normalized spacial score (nSPS) is 18.1. The number of carbonyl (C=O) groups excluding carboxylic acids is 3. The van der Waals surface area contributed by atoms with Gasteiger partial charge in [-0.2, -0.15) is 0 Å². The summed E-state index contributed by atoms with van der Waals surface area (Å²) in [6.45, 7) is 9.37. The number of hydrogen-bond donors (Lipinski definition) is 1. The molecule has 0 radical (unpaired) electrons. The van der Waals surface area contributed by atoms with E-state index in [2.05, 4.69) is 37.9 Å². The van der Waals surface area contributed by atoms with Crippen molar-refractivity contribution in [1.82, 2.24) is 15.1 Å². The number of nitrogens with one attached hydrogen (secondary N) is 1.